The highest BCUT2D eigenvalue weighted by Gasteiger charge is 2.57. The van der Waals surface area contributed by atoms with Crippen LogP contribution in [0.1, 0.15) is 17.9 Å². The topological polar surface area (TPSA) is 0 Å². The van der Waals surface area contributed by atoms with Crippen molar-refractivity contribution in [3.8, 4) is 0 Å². The monoisotopic (exact) mass is 186 g/mol. The van der Waals surface area contributed by atoms with Gasteiger partial charge in [0.2, 0.25) is 0 Å². The maximum Gasteiger partial charge on any atom is 0.255 e. The second-order valence-corrected chi connectivity index (χ2v) is 3.63. The van der Waals surface area contributed by atoms with Gasteiger partial charge in [-0.25, -0.2) is 8.78 Å². The zero-order valence-electron chi connectivity index (χ0n) is 6.30. The summed E-state index contributed by atoms with van der Waals surface area (Å²) in [6, 6.07) is 6.92. The molecule has 0 nitrogen and oxygen atoms in total. The van der Waals surface area contributed by atoms with E-state index in [1.807, 2.05) is 0 Å². The Morgan fingerprint density at radius 3 is 2.17 bits per heavy atom. The van der Waals surface area contributed by atoms with E-state index < -0.39 is 11.8 Å². The molecule has 0 heterocycles. The Morgan fingerprint density at radius 2 is 1.75 bits per heavy atom. The van der Waals surface area contributed by atoms with E-state index >= 15 is 0 Å². The lowest BCUT2D eigenvalue weighted by Crippen LogP contribution is -1.92. The summed E-state index contributed by atoms with van der Waals surface area (Å²) >= 11 is 4.08. The number of thiol groups is 1. The van der Waals surface area contributed by atoms with Crippen molar-refractivity contribution in [3.05, 3.63) is 29.8 Å². The smallest absolute Gasteiger partial charge is 0.206 e. The molecule has 0 aromatic heterocycles. The fourth-order valence-electron chi connectivity index (χ4n) is 1.28. The lowest BCUT2D eigenvalue weighted by Gasteiger charge is -1.98. The highest BCUT2D eigenvalue weighted by atomic mass is 32.1. The minimum Gasteiger partial charge on any atom is -0.206 e. The van der Waals surface area contributed by atoms with Gasteiger partial charge in [0.25, 0.3) is 5.92 Å². The van der Waals surface area contributed by atoms with Crippen LogP contribution >= 0.6 is 12.6 Å². The van der Waals surface area contributed by atoms with Crippen LogP contribution in [0.15, 0.2) is 29.2 Å². The summed E-state index contributed by atoms with van der Waals surface area (Å²) in [6.07, 6.45) is -0.00107. The van der Waals surface area contributed by atoms with Crippen LogP contribution in [0.25, 0.3) is 0 Å². The van der Waals surface area contributed by atoms with E-state index in [1.165, 1.54) is 0 Å². The van der Waals surface area contributed by atoms with E-state index in [0.29, 0.717) is 0 Å². The van der Waals surface area contributed by atoms with Crippen LogP contribution in [0.5, 0.6) is 0 Å². The van der Waals surface area contributed by atoms with E-state index in [0.717, 1.165) is 10.5 Å². The minimum atomic E-state index is -2.46. The molecule has 1 aliphatic rings. The molecule has 0 N–H and O–H groups in total. The second kappa shape index (κ2) is 2.46. The fraction of sp³-hybridized carbons (Fsp3) is 0.333. The molecule has 0 bridgehead atoms. The summed E-state index contributed by atoms with van der Waals surface area (Å²) in [5.41, 5.74) is 0.720. The average Bonchev–Trinajstić information content (AvgIpc) is 2.61. The molecule has 1 saturated carbocycles. The van der Waals surface area contributed by atoms with Crippen molar-refractivity contribution in [1.29, 1.82) is 0 Å². The van der Waals surface area contributed by atoms with E-state index in [2.05, 4.69) is 12.6 Å². The summed E-state index contributed by atoms with van der Waals surface area (Å²) in [5, 5.41) is 0. The molecule has 1 fully saturated rings. The Kier molecular flexibility index (Phi) is 1.65. The molecule has 1 aromatic carbocycles. The molecule has 1 unspecified atom stereocenters. The Labute approximate surface area is 75.0 Å². The third kappa shape index (κ3) is 1.33. The Hall–Kier alpha value is -0.570. The van der Waals surface area contributed by atoms with Crippen LogP contribution in [-0.4, -0.2) is 5.92 Å². The van der Waals surface area contributed by atoms with Crippen molar-refractivity contribution in [2.24, 2.45) is 0 Å². The van der Waals surface area contributed by atoms with Crippen LogP contribution in [0, 0.1) is 0 Å². The van der Waals surface area contributed by atoms with Crippen molar-refractivity contribution in [2.75, 3.05) is 0 Å². The standard InChI is InChI=1S/C9H8F2S/c10-9(11)5-8(9)6-1-3-7(12)4-2-6/h1-4,8,12H,5H2. The molecule has 0 amide bonds. The SMILES string of the molecule is FC1(F)CC1c1ccc(S)cc1. The van der Waals surface area contributed by atoms with Crippen molar-refractivity contribution in [1.82, 2.24) is 0 Å². The molecule has 0 saturated heterocycles. The van der Waals surface area contributed by atoms with Gasteiger partial charge in [-0.05, 0) is 17.7 Å². The van der Waals surface area contributed by atoms with Gasteiger partial charge in [0.15, 0.2) is 0 Å². The number of alkyl halides is 2. The highest BCUT2D eigenvalue weighted by Crippen LogP contribution is 2.55. The van der Waals surface area contributed by atoms with Crippen LogP contribution in [-0.2, 0) is 0 Å². The summed E-state index contributed by atoms with van der Waals surface area (Å²) in [4.78, 5) is 0.808. The predicted molar refractivity (Wildman–Crippen MR) is 46.0 cm³/mol. The molecule has 3 heteroatoms. The lowest BCUT2D eigenvalue weighted by atomic mass is 10.1. The predicted octanol–water partition coefficient (Wildman–Crippen LogP) is 3.10. The second-order valence-electron chi connectivity index (χ2n) is 3.11. The van der Waals surface area contributed by atoms with Crippen molar-refractivity contribution < 1.29 is 8.78 Å². The number of rotatable bonds is 1. The fourth-order valence-corrected chi connectivity index (χ4v) is 1.43. The van der Waals surface area contributed by atoms with Gasteiger partial charge < -0.3 is 0 Å². The van der Waals surface area contributed by atoms with E-state index in [1.54, 1.807) is 24.3 Å². The summed E-state index contributed by atoms with van der Waals surface area (Å²) in [6.45, 7) is 0. The summed E-state index contributed by atoms with van der Waals surface area (Å²) in [7, 11) is 0. The summed E-state index contributed by atoms with van der Waals surface area (Å²) < 4.78 is 25.1. The first kappa shape index (κ1) is 8.05. The van der Waals surface area contributed by atoms with Crippen molar-refractivity contribution in [2.45, 2.75) is 23.2 Å². The first-order chi connectivity index (χ1) is 5.59. The van der Waals surface area contributed by atoms with Crippen LogP contribution < -0.4 is 0 Å². The quantitative estimate of drug-likeness (QED) is 0.640. The molecule has 12 heavy (non-hydrogen) atoms. The molecule has 0 aliphatic heterocycles. The van der Waals surface area contributed by atoms with E-state index in [9.17, 15) is 8.78 Å². The van der Waals surface area contributed by atoms with Crippen molar-refractivity contribution >= 4 is 12.6 Å². The van der Waals surface area contributed by atoms with Crippen LogP contribution in [0.2, 0.25) is 0 Å². The van der Waals surface area contributed by atoms with E-state index in [-0.39, 0.29) is 6.42 Å². The first-order valence-corrected chi connectivity index (χ1v) is 4.21. The molecule has 64 valence electrons. The molecule has 0 radical (unpaired) electrons. The average molecular weight is 186 g/mol. The van der Waals surface area contributed by atoms with Crippen molar-refractivity contribution in [3.63, 3.8) is 0 Å². The Balaban J connectivity index is 2.21. The maximum atomic E-state index is 12.6. The number of benzene rings is 1. The maximum absolute atomic E-state index is 12.6. The number of hydrogen-bond acceptors (Lipinski definition) is 1. The summed E-state index contributed by atoms with van der Waals surface area (Å²) in [5.74, 6) is -3.01. The minimum absolute atomic E-state index is 0.00107. The molecular formula is C9H8F2S. The third-order valence-corrected chi connectivity index (χ3v) is 2.42. The van der Waals surface area contributed by atoms with E-state index in [4.69, 9.17) is 0 Å². The molecule has 2 rings (SSSR count). The number of halogens is 2. The molecule has 1 aromatic rings. The zero-order valence-corrected chi connectivity index (χ0v) is 7.19. The normalized spacial score (nSPS) is 25.4. The zero-order chi connectivity index (χ0) is 8.77. The highest BCUT2D eigenvalue weighted by molar-refractivity contribution is 7.80. The molecular weight excluding hydrogens is 178 g/mol. The largest absolute Gasteiger partial charge is 0.255 e. The van der Waals surface area contributed by atoms with Crippen LogP contribution in [0.4, 0.5) is 8.78 Å². The van der Waals surface area contributed by atoms with Gasteiger partial charge in [-0.15, -0.1) is 12.6 Å². The Bertz CT molecular complexity index is 292. The molecule has 1 atom stereocenters. The number of hydrogen-bond donors (Lipinski definition) is 1. The van der Waals surface area contributed by atoms with Crippen LogP contribution in [0.3, 0.4) is 0 Å². The van der Waals surface area contributed by atoms with Gasteiger partial charge in [-0.3, -0.25) is 0 Å². The molecule has 0 spiro atoms. The van der Waals surface area contributed by atoms with Gasteiger partial charge in [0.1, 0.15) is 0 Å². The van der Waals surface area contributed by atoms with Gasteiger partial charge in [0, 0.05) is 11.3 Å². The molecule has 1 aliphatic carbocycles. The third-order valence-electron chi connectivity index (χ3n) is 2.12. The Morgan fingerprint density at radius 1 is 1.25 bits per heavy atom. The van der Waals surface area contributed by atoms with Gasteiger partial charge in [-0.1, -0.05) is 12.1 Å². The van der Waals surface area contributed by atoms with Gasteiger partial charge in [0.05, 0.1) is 5.92 Å². The van der Waals surface area contributed by atoms with Gasteiger partial charge >= 0.3 is 0 Å². The van der Waals surface area contributed by atoms with Gasteiger partial charge in [-0.2, -0.15) is 0 Å². The first-order valence-electron chi connectivity index (χ1n) is 3.76. The lowest BCUT2D eigenvalue weighted by molar-refractivity contribution is 0.112.